The summed E-state index contributed by atoms with van der Waals surface area (Å²) in [6, 6.07) is 4.39. The Kier molecular flexibility index (Phi) is 4.43. The molecule has 0 saturated carbocycles. The van der Waals surface area contributed by atoms with Crippen molar-refractivity contribution in [3.63, 3.8) is 0 Å². The number of nitrogens with one attached hydrogen (secondary N) is 2. The molecule has 1 fully saturated rings. The van der Waals surface area contributed by atoms with E-state index in [4.69, 9.17) is 0 Å². The third-order valence-electron chi connectivity index (χ3n) is 4.68. The maximum atomic E-state index is 12.7. The lowest BCUT2D eigenvalue weighted by molar-refractivity contribution is -0.385. The average molecular weight is 343 g/mol. The smallest absolute Gasteiger partial charge is 0.317 e. The van der Waals surface area contributed by atoms with E-state index in [1.165, 1.54) is 6.07 Å². The Morgan fingerprint density at radius 3 is 2.76 bits per heavy atom. The van der Waals surface area contributed by atoms with Gasteiger partial charge in [0.25, 0.3) is 5.69 Å². The van der Waals surface area contributed by atoms with Crippen molar-refractivity contribution < 1.29 is 9.72 Å². The lowest BCUT2D eigenvalue weighted by Crippen LogP contribution is -2.34. The van der Waals surface area contributed by atoms with Crippen molar-refractivity contribution in [1.82, 2.24) is 15.1 Å². The number of hydrogen-bond donors (Lipinski definition) is 2. The van der Waals surface area contributed by atoms with Gasteiger partial charge in [-0.2, -0.15) is 5.10 Å². The topological polar surface area (TPSA) is 104 Å². The van der Waals surface area contributed by atoms with Crippen LogP contribution in [0.5, 0.6) is 0 Å². The molecule has 0 aliphatic carbocycles. The summed E-state index contributed by atoms with van der Waals surface area (Å²) >= 11 is 0. The van der Waals surface area contributed by atoms with E-state index in [0.29, 0.717) is 17.8 Å². The number of H-pyrrole nitrogens is 1. The lowest BCUT2D eigenvalue weighted by atomic mass is 10.0. The number of hydrogen-bond acceptors (Lipinski definition) is 4. The number of anilines is 1. The number of nitro groups is 1. The molecule has 2 N–H and O–H groups in total. The molecule has 1 atom stereocenters. The average Bonchev–Trinajstić information content (AvgIpc) is 3.13. The Balaban J connectivity index is 1.79. The highest BCUT2D eigenvalue weighted by molar-refractivity contribution is 5.90. The number of nitrogens with zero attached hydrogens (tertiary/aromatic N) is 3. The van der Waals surface area contributed by atoms with Gasteiger partial charge < -0.3 is 10.2 Å². The van der Waals surface area contributed by atoms with E-state index >= 15 is 0 Å². The zero-order valence-electron chi connectivity index (χ0n) is 14.5. The summed E-state index contributed by atoms with van der Waals surface area (Å²) < 4.78 is 0. The molecule has 25 heavy (non-hydrogen) atoms. The highest BCUT2D eigenvalue weighted by Crippen LogP contribution is 2.35. The monoisotopic (exact) mass is 343 g/mol. The van der Waals surface area contributed by atoms with Crippen LogP contribution in [0.15, 0.2) is 18.2 Å². The van der Waals surface area contributed by atoms with Crippen molar-refractivity contribution in [2.75, 3.05) is 11.9 Å². The molecule has 1 aliphatic rings. The highest BCUT2D eigenvalue weighted by Gasteiger charge is 2.33. The van der Waals surface area contributed by atoms with E-state index in [0.717, 1.165) is 29.8 Å². The molecule has 0 unspecified atom stereocenters. The van der Waals surface area contributed by atoms with Crippen LogP contribution in [0, 0.1) is 30.9 Å². The van der Waals surface area contributed by atoms with Crippen molar-refractivity contribution in [1.29, 1.82) is 0 Å². The number of aromatic amines is 1. The summed E-state index contributed by atoms with van der Waals surface area (Å²) in [4.78, 5) is 25.0. The molecule has 8 heteroatoms. The maximum absolute atomic E-state index is 12.7. The second-order valence-electron chi connectivity index (χ2n) is 6.39. The molecular weight excluding hydrogens is 322 g/mol. The summed E-state index contributed by atoms with van der Waals surface area (Å²) in [6.07, 6.45) is 1.83. The second-order valence-corrected chi connectivity index (χ2v) is 6.39. The minimum absolute atomic E-state index is 0.00195. The van der Waals surface area contributed by atoms with Gasteiger partial charge in [-0.25, -0.2) is 4.79 Å². The number of rotatable bonds is 3. The molecule has 0 radical (unpaired) electrons. The molecule has 3 rings (SSSR count). The zero-order chi connectivity index (χ0) is 18.1. The largest absolute Gasteiger partial charge is 0.322 e. The molecule has 1 aromatic carbocycles. The van der Waals surface area contributed by atoms with Crippen LogP contribution in [0.25, 0.3) is 0 Å². The number of carbonyl (C=O) groups excluding carboxylic acids is 1. The predicted octanol–water partition coefficient (Wildman–Crippen LogP) is 3.61. The van der Waals surface area contributed by atoms with Gasteiger partial charge in [-0.05, 0) is 45.7 Å². The molecule has 2 amide bonds. The first kappa shape index (κ1) is 16.9. The quantitative estimate of drug-likeness (QED) is 0.656. The number of likely N-dealkylation sites (tertiary alicyclic amines) is 1. The van der Waals surface area contributed by atoms with Crippen LogP contribution in [-0.2, 0) is 0 Å². The third-order valence-corrected chi connectivity index (χ3v) is 4.68. The summed E-state index contributed by atoms with van der Waals surface area (Å²) in [5.74, 6) is 0. The molecule has 1 aromatic heterocycles. The van der Waals surface area contributed by atoms with Gasteiger partial charge in [0, 0.05) is 35.1 Å². The SMILES string of the molecule is Cc1cc(NC(=O)N2CCC[C@H]2c2c(C)n[nH]c2C)ccc1[N+](=O)[O-]. The summed E-state index contributed by atoms with van der Waals surface area (Å²) in [6.45, 7) is 6.23. The van der Waals surface area contributed by atoms with Gasteiger partial charge >= 0.3 is 6.03 Å². The predicted molar refractivity (Wildman–Crippen MR) is 93.6 cm³/mol. The fourth-order valence-corrected chi connectivity index (χ4v) is 3.49. The molecule has 2 aromatic rings. The molecule has 0 spiro atoms. The fraction of sp³-hybridized carbons (Fsp3) is 0.412. The third kappa shape index (κ3) is 3.19. The first-order valence-corrected chi connectivity index (χ1v) is 8.22. The number of carbonyl (C=O) groups is 1. The first-order chi connectivity index (χ1) is 11.9. The Labute approximate surface area is 145 Å². The minimum Gasteiger partial charge on any atom is -0.317 e. The van der Waals surface area contributed by atoms with Crippen LogP contribution >= 0.6 is 0 Å². The molecular formula is C17H21N5O3. The first-order valence-electron chi connectivity index (χ1n) is 8.22. The Morgan fingerprint density at radius 1 is 1.40 bits per heavy atom. The molecule has 1 saturated heterocycles. The van der Waals surface area contributed by atoms with Gasteiger partial charge in [0.1, 0.15) is 0 Å². The maximum Gasteiger partial charge on any atom is 0.322 e. The fourth-order valence-electron chi connectivity index (χ4n) is 3.49. The second kappa shape index (κ2) is 6.54. The van der Waals surface area contributed by atoms with Gasteiger partial charge in [0.15, 0.2) is 0 Å². The number of amides is 2. The Bertz CT molecular complexity index is 810. The normalized spacial score (nSPS) is 16.9. The zero-order valence-corrected chi connectivity index (χ0v) is 14.5. The molecule has 2 heterocycles. The van der Waals surface area contributed by atoms with Crippen molar-refractivity contribution in [3.8, 4) is 0 Å². The Morgan fingerprint density at radius 2 is 2.16 bits per heavy atom. The van der Waals surface area contributed by atoms with Gasteiger partial charge in [-0.3, -0.25) is 15.2 Å². The van der Waals surface area contributed by atoms with Crippen LogP contribution in [0.2, 0.25) is 0 Å². The number of aromatic nitrogens is 2. The highest BCUT2D eigenvalue weighted by atomic mass is 16.6. The lowest BCUT2D eigenvalue weighted by Gasteiger charge is -2.25. The Hall–Kier alpha value is -2.90. The number of nitro benzene ring substituents is 1. The molecule has 1 aliphatic heterocycles. The molecule has 0 bridgehead atoms. The van der Waals surface area contributed by atoms with Crippen molar-refractivity contribution in [3.05, 3.63) is 50.8 Å². The van der Waals surface area contributed by atoms with Crippen LogP contribution in [0.4, 0.5) is 16.2 Å². The van der Waals surface area contributed by atoms with Crippen molar-refractivity contribution >= 4 is 17.4 Å². The van der Waals surface area contributed by atoms with Crippen LogP contribution in [0.1, 0.15) is 41.4 Å². The van der Waals surface area contributed by atoms with E-state index in [1.807, 2.05) is 18.7 Å². The van der Waals surface area contributed by atoms with Gasteiger partial charge in [0.2, 0.25) is 0 Å². The van der Waals surface area contributed by atoms with Gasteiger partial charge in [-0.15, -0.1) is 0 Å². The van der Waals surface area contributed by atoms with E-state index in [2.05, 4.69) is 15.5 Å². The molecule has 8 nitrogen and oxygen atoms in total. The van der Waals surface area contributed by atoms with E-state index in [1.54, 1.807) is 19.1 Å². The summed E-state index contributed by atoms with van der Waals surface area (Å²) in [7, 11) is 0. The molecule has 132 valence electrons. The van der Waals surface area contributed by atoms with Gasteiger partial charge in [-0.1, -0.05) is 0 Å². The number of benzene rings is 1. The summed E-state index contributed by atoms with van der Waals surface area (Å²) in [5, 5.41) is 21.0. The van der Waals surface area contributed by atoms with E-state index in [9.17, 15) is 14.9 Å². The van der Waals surface area contributed by atoms with Crippen LogP contribution < -0.4 is 5.32 Å². The van der Waals surface area contributed by atoms with Crippen LogP contribution in [0.3, 0.4) is 0 Å². The minimum atomic E-state index is -0.429. The number of aryl methyl sites for hydroxylation is 3. The van der Waals surface area contributed by atoms with Gasteiger partial charge in [0.05, 0.1) is 16.7 Å². The number of urea groups is 1. The standard InChI is InChI=1S/C17H21N5O3/c1-10-9-13(6-7-14(10)22(24)25)18-17(23)21-8-4-5-15(21)16-11(2)19-20-12(16)3/h6-7,9,15H,4-5,8H2,1-3H3,(H,18,23)(H,19,20)/t15-/m0/s1. The van der Waals surface area contributed by atoms with E-state index in [-0.39, 0.29) is 17.8 Å². The van der Waals surface area contributed by atoms with E-state index < -0.39 is 4.92 Å². The summed E-state index contributed by atoms with van der Waals surface area (Å²) in [5.41, 5.74) is 4.08. The van der Waals surface area contributed by atoms with Crippen LogP contribution in [-0.4, -0.2) is 32.6 Å². The van der Waals surface area contributed by atoms with Crippen molar-refractivity contribution in [2.45, 2.75) is 39.7 Å². The van der Waals surface area contributed by atoms with Crippen molar-refractivity contribution in [2.24, 2.45) is 0 Å².